The van der Waals surface area contributed by atoms with Crippen LogP contribution in [0.3, 0.4) is 0 Å². The summed E-state index contributed by atoms with van der Waals surface area (Å²) in [6.07, 6.45) is 7.42. The van der Waals surface area contributed by atoms with Gasteiger partial charge in [-0.2, -0.15) is 0 Å². The van der Waals surface area contributed by atoms with Crippen LogP contribution in [-0.2, 0) is 6.54 Å². The Morgan fingerprint density at radius 1 is 1.11 bits per heavy atom. The molecule has 0 radical (unpaired) electrons. The average molecular weight is 257 g/mol. The molecule has 3 rings (SSSR count). The number of benzene rings is 1. The van der Waals surface area contributed by atoms with Crippen LogP contribution in [0.5, 0.6) is 0 Å². The number of piperidine rings is 1. The van der Waals surface area contributed by atoms with Crippen LogP contribution in [-0.4, -0.2) is 23.8 Å². The van der Waals surface area contributed by atoms with E-state index in [0.29, 0.717) is 11.7 Å². The Balaban J connectivity index is 1.66. The van der Waals surface area contributed by atoms with Crippen molar-refractivity contribution in [1.82, 2.24) is 4.90 Å². The first-order valence-electron chi connectivity index (χ1n) is 7.68. The molecule has 0 bridgehead atoms. The first-order chi connectivity index (χ1) is 9.33. The molecule has 1 saturated heterocycles. The van der Waals surface area contributed by atoms with E-state index in [-0.39, 0.29) is 0 Å². The van der Waals surface area contributed by atoms with Gasteiger partial charge < -0.3 is 0 Å². The molecule has 2 aliphatic rings. The van der Waals surface area contributed by atoms with Gasteiger partial charge in [-0.15, -0.1) is 0 Å². The molecule has 0 aromatic heterocycles. The SMILES string of the molecule is O=C(c1cccc(CN2CCCCC2)c1)C1CCC1. The highest BCUT2D eigenvalue weighted by atomic mass is 16.1. The van der Waals surface area contributed by atoms with Crippen molar-refractivity contribution in [3.05, 3.63) is 35.4 Å². The zero-order valence-electron chi connectivity index (χ0n) is 11.6. The summed E-state index contributed by atoms with van der Waals surface area (Å²) in [5, 5.41) is 0. The summed E-state index contributed by atoms with van der Waals surface area (Å²) >= 11 is 0. The summed E-state index contributed by atoms with van der Waals surface area (Å²) in [5.41, 5.74) is 2.23. The van der Waals surface area contributed by atoms with Crippen molar-refractivity contribution in [1.29, 1.82) is 0 Å². The number of hydrogen-bond acceptors (Lipinski definition) is 2. The van der Waals surface area contributed by atoms with Crippen LogP contribution in [0.15, 0.2) is 24.3 Å². The van der Waals surface area contributed by atoms with Crippen LogP contribution in [0.4, 0.5) is 0 Å². The minimum atomic E-state index is 0.310. The lowest BCUT2D eigenvalue weighted by molar-refractivity contribution is 0.0855. The van der Waals surface area contributed by atoms with Gasteiger partial charge in [-0.1, -0.05) is 31.0 Å². The Kier molecular flexibility index (Phi) is 3.97. The molecule has 19 heavy (non-hydrogen) atoms. The van der Waals surface area contributed by atoms with Crippen LogP contribution < -0.4 is 0 Å². The van der Waals surface area contributed by atoms with E-state index in [2.05, 4.69) is 17.0 Å². The fraction of sp³-hybridized carbons (Fsp3) is 0.588. The topological polar surface area (TPSA) is 20.3 Å². The van der Waals surface area contributed by atoms with Gasteiger partial charge in [0.2, 0.25) is 0 Å². The standard InChI is InChI=1S/C17H23NO/c19-17(15-7-5-8-15)16-9-4-6-14(12-16)13-18-10-2-1-3-11-18/h4,6,9,12,15H,1-3,5,7-8,10-11,13H2. The van der Waals surface area contributed by atoms with Gasteiger partial charge in [0.15, 0.2) is 5.78 Å². The van der Waals surface area contributed by atoms with Gasteiger partial charge in [0.25, 0.3) is 0 Å². The van der Waals surface area contributed by atoms with Crippen molar-refractivity contribution < 1.29 is 4.79 Å². The first-order valence-corrected chi connectivity index (χ1v) is 7.68. The number of likely N-dealkylation sites (tertiary alicyclic amines) is 1. The van der Waals surface area contributed by atoms with E-state index in [1.807, 2.05) is 12.1 Å². The Bertz CT molecular complexity index is 444. The number of nitrogens with zero attached hydrogens (tertiary/aromatic N) is 1. The molecule has 0 amide bonds. The van der Waals surface area contributed by atoms with E-state index in [4.69, 9.17) is 0 Å². The number of rotatable bonds is 4. The Hall–Kier alpha value is -1.15. The maximum absolute atomic E-state index is 12.3. The van der Waals surface area contributed by atoms with Crippen LogP contribution in [0.2, 0.25) is 0 Å². The number of hydrogen-bond donors (Lipinski definition) is 0. The lowest BCUT2D eigenvalue weighted by atomic mass is 9.80. The highest BCUT2D eigenvalue weighted by molar-refractivity contribution is 5.98. The highest BCUT2D eigenvalue weighted by Crippen LogP contribution is 2.30. The second kappa shape index (κ2) is 5.87. The summed E-state index contributed by atoms with van der Waals surface area (Å²) in [6, 6.07) is 8.31. The van der Waals surface area contributed by atoms with Gasteiger partial charge in [-0.3, -0.25) is 9.69 Å². The van der Waals surface area contributed by atoms with Crippen molar-refractivity contribution in [2.24, 2.45) is 5.92 Å². The van der Waals surface area contributed by atoms with Crippen molar-refractivity contribution in [3.63, 3.8) is 0 Å². The van der Waals surface area contributed by atoms with E-state index in [1.165, 1.54) is 44.3 Å². The average Bonchev–Trinajstić information content (AvgIpc) is 2.38. The van der Waals surface area contributed by atoms with Gasteiger partial charge in [0, 0.05) is 18.0 Å². The van der Waals surface area contributed by atoms with Gasteiger partial charge in [0.1, 0.15) is 0 Å². The van der Waals surface area contributed by atoms with Gasteiger partial charge in [0.05, 0.1) is 0 Å². The molecule has 102 valence electrons. The maximum atomic E-state index is 12.3. The molecule has 0 atom stereocenters. The summed E-state index contributed by atoms with van der Waals surface area (Å²) in [7, 11) is 0. The van der Waals surface area contributed by atoms with Crippen molar-refractivity contribution in [2.75, 3.05) is 13.1 Å². The molecule has 1 saturated carbocycles. The molecule has 1 aliphatic heterocycles. The van der Waals surface area contributed by atoms with E-state index in [1.54, 1.807) is 0 Å². The van der Waals surface area contributed by atoms with Crippen LogP contribution in [0, 0.1) is 5.92 Å². The quantitative estimate of drug-likeness (QED) is 0.767. The van der Waals surface area contributed by atoms with Gasteiger partial charge >= 0.3 is 0 Å². The zero-order valence-corrected chi connectivity index (χ0v) is 11.6. The van der Waals surface area contributed by atoms with E-state index < -0.39 is 0 Å². The van der Waals surface area contributed by atoms with Crippen molar-refractivity contribution in [3.8, 4) is 0 Å². The summed E-state index contributed by atoms with van der Waals surface area (Å²) in [4.78, 5) is 14.8. The Morgan fingerprint density at radius 2 is 1.89 bits per heavy atom. The largest absolute Gasteiger partial charge is 0.299 e. The fourth-order valence-corrected chi connectivity index (χ4v) is 3.10. The number of carbonyl (C=O) groups is 1. The smallest absolute Gasteiger partial charge is 0.165 e. The normalized spacial score (nSPS) is 21.1. The Labute approximate surface area is 115 Å². The summed E-state index contributed by atoms with van der Waals surface area (Å²) in [6.45, 7) is 3.42. The van der Waals surface area contributed by atoms with Crippen molar-refractivity contribution in [2.45, 2.75) is 45.1 Å². The van der Waals surface area contributed by atoms with Crippen LogP contribution in [0.1, 0.15) is 54.4 Å². The number of Topliss-reactive ketones (excluding diaryl/α,β-unsaturated/α-hetero) is 1. The molecular formula is C17H23NO. The molecule has 1 heterocycles. The molecule has 2 heteroatoms. The van der Waals surface area contributed by atoms with Crippen LogP contribution in [0.25, 0.3) is 0 Å². The zero-order chi connectivity index (χ0) is 13.1. The minimum absolute atomic E-state index is 0.310. The molecule has 0 N–H and O–H groups in total. The molecule has 2 nitrogen and oxygen atoms in total. The van der Waals surface area contributed by atoms with E-state index >= 15 is 0 Å². The number of carbonyl (C=O) groups excluding carboxylic acids is 1. The molecule has 0 spiro atoms. The second-order valence-corrected chi connectivity index (χ2v) is 6.03. The molecule has 1 aliphatic carbocycles. The van der Waals surface area contributed by atoms with Gasteiger partial charge in [-0.05, 0) is 50.4 Å². The predicted octanol–water partition coefficient (Wildman–Crippen LogP) is 3.66. The lowest BCUT2D eigenvalue weighted by Crippen LogP contribution is -2.29. The minimum Gasteiger partial charge on any atom is -0.299 e. The van der Waals surface area contributed by atoms with Crippen LogP contribution >= 0.6 is 0 Å². The second-order valence-electron chi connectivity index (χ2n) is 6.03. The molecule has 0 unspecified atom stereocenters. The third-order valence-corrected chi connectivity index (χ3v) is 4.54. The molecule has 1 aromatic rings. The first kappa shape index (κ1) is 12.9. The highest BCUT2D eigenvalue weighted by Gasteiger charge is 2.26. The predicted molar refractivity (Wildman–Crippen MR) is 77.2 cm³/mol. The van der Waals surface area contributed by atoms with E-state index in [0.717, 1.165) is 24.9 Å². The monoisotopic (exact) mass is 257 g/mol. The summed E-state index contributed by atoms with van der Waals surface area (Å²) in [5.74, 6) is 0.678. The molecule has 2 fully saturated rings. The third-order valence-electron chi connectivity index (χ3n) is 4.54. The lowest BCUT2D eigenvalue weighted by Gasteiger charge is -2.27. The maximum Gasteiger partial charge on any atom is 0.165 e. The molecular weight excluding hydrogens is 234 g/mol. The Morgan fingerprint density at radius 3 is 2.58 bits per heavy atom. The van der Waals surface area contributed by atoms with E-state index in [9.17, 15) is 4.79 Å². The van der Waals surface area contributed by atoms with Crippen molar-refractivity contribution >= 4 is 5.78 Å². The fourth-order valence-electron chi connectivity index (χ4n) is 3.10. The third kappa shape index (κ3) is 3.06. The molecule has 1 aromatic carbocycles. The number of ketones is 1. The summed E-state index contributed by atoms with van der Waals surface area (Å²) < 4.78 is 0. The van der Waals surface area contributed by atoms with Gasteiger partial charge in [-0.25, -0.2) is 0 Å².